The van der Waals surface area contributed by atoms with E-state index in [1.165, 1.54) is 0 Å². The molecular weight excluding hydrogens is 380 g/mol. The van der Waals surface area contributed by atoms with E-state index in [-0.39, 0.29) is 12.2 Å². The highest BCUT2D eigenvalue weighted by atomic mass is 16.6. The molecule has 0 saturated carbocycles. The fraction of sp³-hybridized carbons (Fsp3) is 0.375. The van der Waals surface area contributed by atoms with Crippen molar-refractivity contribution < 1.29 is 18.9 Å². The Morgan fingerprint density at radius 1 is 0.900 bits per heavy atom. The highest BCUT2D eigenvalue weighted by Gasteiger charge is 2.24. The van der Waals surface area contributed by atoms with Gasteiger partial charge in [-0.1, -0.05) is 0 Å². The first kappa shape index (κ1) is 19.2. The summed E-state index contributed by atoms with van der Waals surface area (Å²) in [5.41, 5.74) is 6.44. The van der Waals surface area contributed by atoms with Gasteiger partial charge in [0, 0.05) is 18.2 Å². The predicted octanol–water partition coefficient (Wildman–Crippen LogP) is 3.93. The van der Waals surface area contributed by atoms with Crippen LogP contribution in [0.25, 0.3) is 22.5 Å². The Bertz CT molecular complexity index is 1030. The van der Waals surface area contributed by atoms with E-state index < -0.39 is 0 Å². The minimum absolute atomic E-state index is 0.252. The van der Waals surface area contributed by atoms with Crippen molar-refractivity contribution in [1.82, 2.24) is 9.78 Å². The van der Waals surface area contributed by atoms with Crippen LogP contribution in [-0.4, -0.2) is 48.4 Å². The first-order valence-corrected chi connectivity index (χ1v) is 10.3. The van der Waals surface area contributed by atoms with Gasteiger partial charge in [-0.25, -0.2) is 0 Å². The molecule has 156 valence electrons. The van der Waals surface area contributed by atoms with Gasteiger partial charge in [0.2, 0.25) is 0 Å². The van der Waals surface area contributed by atoms with Gasteiger partial charge >= 0.3 is 0 Å². The summed E-state index contributed by atoms with van der Waals surface area (Å²) in [7, 11) is 1.98. The van der Waals surface area contributed by atoms with Crippen molar-refractivity contribution in [3.8, 4) is 34.0 Å². The number of aryl methyl sites for hydroxylation is 3. The van der Waals surface area contributed by atoms with Gasteiger partial charge in [-0.05, 0) is 67.4 Å². The van der Waals surface area contributed by atoms with E-state index in [0.717, 1.165) is 58.4 Å². The number of aromatic nitrogens is 2. The first-order chi connectivity index (χ1) is 14.6. The molecule has 2 unspecified atom stereocenters. The summed E-state index contributed by atoms with van der Waals surface area (Å²) >= 11 is 0. The highest BCUT2D eigenvalue weighted by molar-refractivity contribution is 5.71. The van der Waals surface area contributed by atoms with E-state index >= 15 is 0 Å². The lowest BCUT2D eigenvalue weighted by atomic mass is 10.0. The maximum absolute atomic E-state index is 5.97. The lowest BCUT2D eigenvalue weighted by Gasteiger charge is -2.13. The molecule has 2 fully saturated rings. The van der Waals surface area contributed by atoms with Gasteiger partial charge in [-0.3, -0.25) is 4.68 Å². The minimum Gasteiger partial charge on any atom is -0.491 e. The van der Waals surface area contributed by atoms with Gasteiger partial charge < -0.3 is 18.9 Å². The number of benzene rings is 2. The monoisotopic (exact) mass is 406 g/mol. The van der Waals surface area contributed by atoms with Crippen LogP contribution in [0.4, 0.5) is 0 Å². The van der Waals surface area contributed by atoms with Crippen LogP contribution < -0.4 is 9.47 Å². The summed E-state index contributed by atoms with van der Waals surface area (Å²) < 4.78 is 24.1. The van der Waals surface area contributed by atoms with E-state index in [1.807, 2.05) is 36.0 Å². The van der Waals surface area contributed by atoms with Crippen molar-refractivity contribution in [3.63, 3.8) is 0 Å². The molecule has 0 bridgehead atoms. The Balaban J connectivity index is 1.35. The molecule has 2 aliphatic rings. The number of ether oxygens (including phenoxy) is 4. The van der Waals surface area contributed by atoms with Crippen molar-refractivity contribution in [2.24, 2.45) is 7.05 Å². The van der Waals surface area contributed by atoms with Crippen LogP contribution in [0, 0.1) is 13.8 Å². The second-order valence-corrected chi connectivity index (χ2v) is 8.03. The quantitative estimate of drug-likeness (QED) is 0.531. The van der Waals surface area contributed by atoms with E-state index in [2.05, 4.69) is 32.0 Å². The van der Waals surface area contributed by atoms with Crippen LogP contribution in [0.5, 0.6) is 11.5 Å². The Hall–Kier alpha value is -2.83. The molecule has 1 aromatic heterocycles. The molecule has 2 saturated heterocycles. The molecule has 0 aliphatic carbocycles. The van der Waals surface area contributed by atoms with E-state index in [1.54, 1.807) is 0 Å². The average Bonchev–Trinajstić information content (AvgIpc) is 3.65. The number of nitrogens with zero attached hydrogens (tertiary/aromatic N) is 2. The molecule has 6 nitrogen and oxygen atoms in total. The fourth-order valence-corrected chi connectivity index (χ4v) is 3.62. The Kier molecular flexibility index (Phi) is 4.97. The van der Waals surface area contributed by atoms with Gasteiger partial charge in [-0.2, -0.15) is 5.10 Å². The maximum atomic E-state index is 5.97. The molecule has 5 rings (SSSR count). The molecule has 3 heterocycles. The molecule has 6 heteroatoms. The molecule has 2 atom stereocenters. The summed E-state index contributed by atoms with van der Waals surface area (Å²) in [5.74, 6) is 1.80. The molecule has 0 N–H and O–H groups in total. The van der Waals surface area contributed by atoms with Crippen molar-refractivity contribution in [2.75, 3.05) is 26.4 Å². The van der Waals surface area contributed by atoms with Gasteiger partial charge in [-0.15, -0.1) is 0 Å². The van der Waals surface area contributed by atoms with E-state index in [0.29, 0.717) is 13.2 Å². The molecule has 3 aromatic rings. The third kappa shape index (κ3) is 4.20. The molecule has 0 radical (unpaired) electrons. The van der Waals surface area contributed by atoms with Crippen LogP contribution in [0.3, 0.4) is 0 Å². The molecule has 0 amide bonds. The molecular formula is C24H26N2O4. The van der Waals surface area contributed by atoms with Crippen LogP contribution in [-0.2, 0) is 16.5 Å². The fourth-order valence-electron chi connectivity index (χ4n) is 3.62. The summed E-state index contributed by atoms with van der Waals surface area (Å²) in [6.07, 6.45) is 0.510. The standard InChI is InChI=1S/C24H26N2O4/c1-15-8-18(9-16(2)24(15)30-14-21-13-29-21)23-10-22(25-26(23)3)17-4-6-19(7-5-17)27-11-20-12-28-20/h4-10,20-21H,11-14H2,1-3H3. The topological polar surface area (TPSA) is 61.3 Å². The van der Waals surface area contributed by atoms with Crippen LogP contribution >= 0.6 is 0 Å². The lowest BCUT2D eigenvalue weighted by molar-refractivity contribution is 0.260. The normalized spacial score (nSPS) is 19.6. The van der Waals surface area contributed by atoms with E-state index in [9.17, 15) is 0 Å². The van der Waals surface area contributed by atoms with Gasteiger partial charge in [0.25, 0.3) is 0 Å². The van der Waals surface area contributed by atoms with Crippen LogP contribution in [0.1, 0.15) is 11.1 Å². The van der Waals surface area contributed by atoms with Crippen molar-refractivity contribution in [3.05, 3.63) is 53.6 Å². The van der Waals surface area contributed by atoms with Crippen molar-refractivity contribution in [2.45, 2.75) is 26.1 Å². The lowest BCUT2D eigenvalue weighted by Crippen LogP contribution is -2.06. The van der Waals surface area contributed by atoms with Crippen LogP contribution in [0.2, 0.25) is 0 Å². The Morgan fingerprint density at radius 3 is 2.10 bits per heavy atom. The van der Waals surface area contributed by atoms with Gasteiger partial charge in [0.05, 0.1) is 24.6 Å². The third-order valence-corrected chi connectivity index (χ3v) is 5.44. The molecule has 30 heavy (non-hydrogen) atoms. The number of hydrogen-bond donors (Lipinski definition) is 0. The number of epoxide rings is 2. The summed E-state index contributed by atoms with van der Waals surface area (Å²) in [6, 6.07) is 14.5. The second kappa shape index (κ2) is 7.78. The minimum atomic E-state index is 0.252. The predicted molar refractivity (Wildman–Crippen MR) is 114 cm³/mol. The highest BCUT2D eigenvalue weighted by Crippen LogP contribution is 2.33. The molecule has 0 spiro atoms. The zero-order valence-corrected chi connectivity index (χ0v) is 17.6. The van der Waals surface area contributed by atoms with Gasteiger partial charge in [0.1, 0.15) is 36.9 Å². The summed E-state index contributed by atoms with van der Waals surface area (Å²) in [6.45, 7) is 7.00. The van der Waals surface area contributed by atoms with Crippen molar-refractivity contribution in [1.29, 1.82) is 0 Å². The SMILES string of the molecule is Cc1cc(-c2cc(-c3ccc(OCC4CO4)cc3)nn2C)cc(C)c1OCC1CO1. The molecule has 2 aromatic carbocycles. The Labute approximate surface area is 176 Å². The zero-order valence-electron chi connectivity index (χ0n) is 17.6. The zero-order chi connectivity index (χ0) is 20.7. The average molecular weight is 406 g/mol. The number of hydrogen-bond acceptors (Lipinski definition) is 5. The first-order valence-electron chi connectivity index (χ1n) is 10.3. The maximum Gasteiger partial charge on any atom is 0.125 e. The molecule has 2 aliphatic heterocycles. The van der Waals surface area contributed by atoms with Crippen LogP contribution in [0.15, 0.2) is 42.5 Å². The second-order valence-electron chi connectivity index (χ2n) is 8.03. The van der Waals surface area contributed by atoms with E-state index in [4.69, 9.17) is 24.0 Å². The van der Waals surface area contributed by atoms with Gasteiger partial charge in [0.15, 0.2) is 0 Å². The van der Waals surface area contributed by atoms with Crippen molar-refractivity contribution >= 4 is 0 Å². The summed E-state index contributed by atoms with van der Waals surface area (Å²) in [5, 5.41) is 4.73. The smallest absolute Gasteiger partial charge is 0.125 e. The Morgan fingerprint density at radius 2 is 1.50 bits per heavy atom. The number of rotatable bonds is 8. The summed E-state index contributed by atoms with van der Waals surface area (Å²) in [4.78, 5) is 0. The largest absolute Gasteiger partial charge is 0.491 e. The third-order valence-electron chi connectivity index (χ3n) is 5.44.